The van der Waals surface area contributed by atoms with Gasteiger partial charge in [-0.3, -0.25) is 0 Å². The summed E-state index contributed by atoms with van der Waals surface area (Å²) in [5.74, 6) is 1.16. The van der Waals surface area contributed by atoms with Crippen LogP contribution in [0.4, 0.5) is 0 Å². The molecule has 8 heteroatoms. The average Bonchev–Trinajstić information content (AvgIpc) is 3.01. The Morgan fingerprint density at radius 3 is 2.08 bits per heavy atom. The maximum absolute atomic E-state index is 14.1. The summed E-state index contributed by atoms with van der Waals surface area (Å²) >= 11 is 0. The Morgan fingerprint density at radius 2 is 1.50 bits per heavy atom. The highest BCUT2D eigenvalue weighted by Gasteiger charge is 2.46. The molecule has 1 fully saturated rings. The van der Waals surface area contributed by atoms with Crippen LogP contribution in [0.5, 0.6) is 5.75 Å². The van der Waals surface area contributed by atoms with Gasteiger partial charge in [0.05, 0.1) is 12.2 Å². The van der Waals surface area contributed by atoms with Crippen molar-refractivity contribution in [3.05, 3.63) is 53.6 Å². The molecular formula is C44H74O6Si2. The third kappa shape index (κ3) is 10.7. The predicted molar refractivity (Wildman–Crippen MR) is 220 cm³/mol. The highest BCUT2D eigenvalue weighted by molar-refractivity contribution is 6.74. The number of carbonyl (C=O) groups is 1. The average molecular weight is 755 g/mol. The second-order valence-corrected chi connectivity index (χ2v) is 29.6. The molecule has 294 valence electrons. The molecule has 1 unspecified atom stereocenters. The Morgan fingerprint density at radius 1 is 0.885 bits per heavy atom. The van der Waals surface area contributed by atoms with E-state index in [1.165, 1.54) is 11.1 Å². The molecule has 1 aromatic rings. The van der Waals surface area contributed by atoms with Crippen LogP contribution < -0.4 is 4.74 Å². The fourth-order valence-corrected chi connectivity index (χ4v) is 10.1. The van der Waals surface area contributed by atoms with E-state index in [-0.39, 0.29) is 51.8 Å². The highest BCUT2D eigenvalue weighted by atomic mass is 28.4. The van der Waals surface area contributed by atoms with Crippen molar-refractivity contribution in [3.8, 4) is 5.75 Å². The predicted octanol–water partition coefficient (Wildman–Crippen LogP) is 11.6. The molecule has 2 aliphatic carbocycles. The van der Waals surface area contributed by atoms with Crippen LogP contribution >= 0.6 is 0 Å². The Balaban J connectivity index is 1.55. The molecule has 0 aromatic heterocycles. The number of fused-ring (bicyclic) bond motifs is 1. The number of carbonyl (C=O) groups excluding carboxylic acids is 1. The highest BCUT2D eigenvalue weighted by Crippen LogP contribution is 2.47. The van der Waals surface area contributed by atoms with Crippen LogP contribution in [0.1, 0.15) is 120 Å². The molecule has 6 nitrogen and oxygen atoms in total. The van der Waals surface area contributed by atoms with Crippen molar-refractivity contribution in [2.75, 3.05) is 6.61 Å². The summed E-state index contributed by atoms with van der Waals surface area (Å²) in [5, 5.41) is 0.259. The first-order chi connectivity index (χ1) is 23.9. The molecule has 1 aliphatic heterocycles. The maximum Gasteiger partial charge on any atom is 0.347 e. The summed E-state index contributed by atoms with van der Waals surface area (Å²) in [7, 11) is -3.94. The fourth-order valence-electron chi connectivity index (χ4n) is 7.45. The van der Waals surface area contributed by atoms with Crippen LogP contribution in [-0.4, -0.2) is 59.7 Å². The van der Waals surface area contributed by atoms with Crippen LogP contribution in [0.2, 0.25) is 36.3 Å². The minimum Gasteiger partial charge on any atom is -0.479 e. The van der Waals surface area contributed by atoms with Crippen LogP contribution in [0.15, 0.2) is 48.1 Å². The summed E-state index contributed by atoms with van der Waals surface area (Å²) in [5.41, 5.74) is 2.52. The van der Waals surface area contributed by atoms with Gasteiger partial charge in [0.15, 0.2) is 22.7 Å². The van der Waals surface area contributed by atoms with Crippen molar-refractivity contribution in [2.45, 2.75) is 187 Å². The lowest BCUT2D eigenvalue weighted by Gasteiger charge is -2.46. The number of rotatable bonds is 12. The zero-order valence-electron chi connectivity index (χ0n) is 35.6. The Kier molecular flexibility index (Phi) is 13.7. The number of esters is 1. The zero-order chi connectivity index (χ0) is 38.9. The fraction of sp³-hybridized carbons (Fsp3) is 0.750. The van der Waals surface area contributed by atoms with Crippen LogP contribution in [-0.2, 0) is 28.5 Å². The molecule has 0 radical (unpaired) electrons. The summed E-state index contributed by atoms with van der Waals surface area (Å²) in [4.78, 5) is 14.1. The summed E-state index contributed by atoms with van der Waals surface area (Å²) in [6.07, 6.45) is 11.4. The molecular weight excluding hydrogens is 681 g/mol. The second kappa shape index (κ2) is 16.6. The molecule has 0 spiro atoms. The molecule has 0 bridgehead atoms. The first kappa shape index (κ1) is 43.0. The van der Waals surface area contributed by atoms with Crippen molar-refractivity contribution in [2.24, 2.45) is 17.8 Å². The van der Waals surface area contributed by atoms with Crippen molar-refractivity contribution in [1.82, 2.24) is 0 Å². The van der Waals surface area contributed by atoms with Gasteiger partial charge < -0.3 is 23.1 Å². The van der Waals surface area contributed by atoms with Crippen molar-refractivity contribution >= 4 is 22.6 Å². The van der Waals surface area contributed by atoms with Gasteiger partial charge in [-0.25, -0.2) is 4.79 Å². The van der Waals surface area contributed by atoms with Gasteiger partial charge in [-0.15, -0.1) is 0 Å². The first-order valence-electron chi connectivity index (χ1n) is 20.3. The minimum absolute atomic E-state index is 0.0439. The number of ether oxygens (including phenoxy) is 3. The zero-order valence-corrected chi connectivity index (χ0v) is 37.6. The van der Waals surface area contributed by atoms with Gasteiger partial charge in [-0.05, 0) is 109 Å². The summed E-state index contributed by atoms with van der Waals surface area (Å²) < 4.78 is 33.2. The normalized spacial score (nSPS) is 28.1. The Bertz CT molecular complexity index is 1390. The Labute approximate surface area is 320 Å². The van der Waals surface area contributed by atoms with Gasteiger partial charge >= 0.3 is 5.97 Å². The topological polar surface area (TPSA) is 63.2 Å². The van der Waals surface area contributed by atoms with Crippen LogP contribution in [0.3, 0.4) is 0 Å². The van der Waals surface area contributed by atoms with Gasteiger partial charge in [0, 0.05) is 25.0 Å². The third-order valence-electron chi connectivity index (χ3n) is 12.9. The van der Waals surface area contributed by atoms with E-state index in [4.69, 9.17) is 23.1 Å². The summed E-state index contributed by atoms with van der Waals surface area (Å²) in [6, 6.07) is 8.12. The standard InChI is InChI=1S/C44H74O6Si2/c1-16-38(47-33-21-19-32(20-22-33)42(3,4)5)41(45)48-39-29-36(50-52(14,15)44(9,10)11)27-31-18-17-30(2)37(40(31)39)24-23-34-28-35(25-26-46-34)49-51(12,13)43(6,7)8/h17-22,27,30,34-40H,16,23-26,28-29H2,1-15H3/t30-,34+,35+,36+,37-,38?,39-,40-/m0/s1. The number of benzene rings is 1. The lowest BCUT2D eigenvalue weighted by molar-refractivity contribution is -0.163. The van der Waals surface area contributed by atoms with Crippen LogP contribution in [0.25, 0.3) is 0 Å². The lowest BCUT2D eigenvalue weighted by Crippen LogP contribution is -2.49. The molecule has 52 heavy (non-hydrogen) atoms. The molecule has 0 saturated carbocycles. The van der Waals surface area contributed by atoms with E-state index in [0.29, 0.717) is 30.4 Å². The van der Waals surface area contributed by atoms with Crippen molar-refractivity contribution in [1.29, 1.82) is 0 Å². The molecule has 4 rings (SSSR count). The first-order valence-corrected chi connectivity index (χ1v) is 26.1. The molecule has 1 aromatic carbocycles. The second-order valence-electron chi connectivity index (χ2n) is 20.1. The van der Waals surface area contributed by atoms with Gasteiger partial charge in [-0.1, -0.05) is 107 Å². The lowest BCUT2D eigenvalue weighted by atomic mass is 9.66. The van der Waals surface area contributed by atoms with Crippen LogP contribution in [0, 0.1) is 17.8 Å². The van der Waals surface area contributed by atoms with E-state index in [2.05, 4.69) is 126 Å². The monoisotopic (exact) mass is 755 g/mol. The van der Waals surface area contributed by atoms with E-state index in [0.717, 1.165) is 32.3 Å². The Hall–Kier alpha value is -1.72. The van der Waals surface area contributed by atoms with Gasteiger partial charge in [0.2, 0.25) is 0 Å². The molecule has 0 amide bonds. The van der Waals surface area contributed by atoms with E-state index in [1.54, 1.807) is 0 Å². The quantitative estimate of drug-likeness (QED) is 0.156. The number of allylic oxidation sites excluding steroid dienone is 2. The van der Waals surface area contributed by atoms with E-state index < -0.39 is 22.7 Å². The molecule has 1 heterocycles. The molecule has 3 aliphatic rings. The van der Waals surface area contributed by atoms with E-state index in [1.807, 2.05) is 19.1 Å². The van der Waals surface area contributed by atoms with Gasteiger partial charge in [0.25, 0.3) is 0 Å². The van der Waals surface area contributed by atoms with Crippen molar-refractivity contribution in [3.63, 3.8) is 0 Å². The third-order valence-corrected chi connectivity index (χ3v) is 22.0. The van der Waals surface area contributed by atoms with E-state index in [9.17, 15) is 4.79 Å². The minimum atomic E-state index is -2.08. The van der Waals surface area contributed by atoms with Gasteiger partial charge in [0.1, 0.15) is 11.9 Å². The molecule has 8 atom stereocenters. The smallest absolute Gasteiger partial charge is 0.347 e. The number of hydrogen-bond acceptors (Lipinski definition) is 6. The molecule has 1 saturated heterocycles. The number of hydrogen-bond donors (Lipinski definition) is 0. The van der Waals surface area contributed by atoms with E-state index >= 15 is 0 Å². The SMILES string of the molecule is CCC(Oc1ccc(C(C)(C)C)cc1)C(=O)O[C@H]1C[C@H](O[Si](C)(C)C(C)(C)C)C=C2C=C[C@H](C)[C@H](CC[C@@H]3C[C@H](O[Si](C)(C)C(C)(C)C)CCO3)[C@H]21. The largest absolute Gasteiger partial charge is 0.479 e. The van der Waals surface area contributed by atoms with Gasteiger partial charge in [-0.2, -0.15) is 0 Å². The van der Waals surface area contributed by atoms with Crippen molar-refractivity contribution < 1.29 is 27.9 Å². The maximum atomic E-state index is 14.1. The summed E-state index contributed by atoms with van der Waals surface area (Å²) in [6.45, 7) is 34.7. The molecule has 0 N–H and O–H groups in total.